The number of hydrogen-bond acceptors (Lipinski definition) is 2. The highest BCUT2D eigenvalue weighted by molar-refractivity contribution is 5.48. The molecule has 0 saturated heterocycles. The van der Waals surface area contributed by atoms with E-state index < -0.39 is 0 Å². The number of rotatable bonds is 5. The normalized spacial score (nSPS) is 12.5. The zero-order chi connectivity index (χ0) is 15.4. The summed E-state index contributed by atoms with van der Waals surface area (Å²) in [6.45, 7) is 7.51. The second-order valence-electron chi connectivity index (χ2n) is 6.16. The molecule has 2 aromatic rings. The number of benzene rings is 2. The lowest BCUT2D eigenvalue weighted by Crippen LogP contribution is -2.12. The molecule has 21 heavy (non-hydrogen) atoms. The third-order valence-electron chi connectivity index (χ3n) is 3.71. The Bertz CT molecular complexity index is 602. The smallest absolute Gasteiger partial charge is 0.0488 e. The Morgan fingerprint density at radius 3 is 2.52 bits per heavy atom. The van der Waals surface area contributed by atoms with Crippen LogP contribution in [0.1, 0.15) is 35.2 Å². The van der Waals surface area contributed by atoms with Crippen molar-refractivity contribution in [2.24, 2.45) is 0 Å². The van der Waals surface area contributed by atoms with Crippen LogP contribution in [0.4, 0.5) is 5.69 Å². The molecule has 0 aliphatic carbocycles. The van der Waals surface area contributed by atoms with Gasteiger partial charge in [-0.2, -0.15) is 0 Å². The molecule has 1 atom stereocenters. The molecular formula is C19H26N2. The maximum Gasteiger partial charge on any atom is 0.0488 e. The average Bonchev–Trinajstić information content (AvgIpc) is 2.41. The van der Waals surface area contributed by atoms with Crippen molar-refractivity contribution in [2.45, 2.75) is 33.4 Å². The standard InChI is InChI=1S/C19H26N2/c1-14-9-10-15(2)19(11-14)16(3)20-18-8-6-7-17(12-18)13-21(4)5/h6-12,16,20H,13H2,1-5H3. The zero-order valence-electron chi connectivity index (χ0n) is 13.8. The van der Waals surface area contributed by atoms with E-state index in [0.717, 1.165) is 6.54 Å². The van der Waals surface area contributed by atoms with Gasteiger partial charge in [0.15, 0.2) is 0 Å². The molecule has 2 aromatic carbocycles. The molecule has 0 fully saturated rings. The van der Waals surface area contributed by atoms with Gasteiger partial charge in [-0.1, -0.05) is 35.9 Å². The molecule has 1 unspecified atom stereocenters. The molecule has 0 spiro atoms. The fourth-order valence-corrected chi connectivity index (χ4v) is 2.68. The number of anilines is 1. The van der Waals surface area contributed by atoms with E-state index in [9.17, 15) is 0 Å². The minimum absolute atomic E-state index is 0.305. The van der Waals surface area contributed by atoms with Crippen LogP contribution in [0.5, 0.6) is 0 Å². The van der Waals surface area contributed by atoms with E-state index in [1.54, 1.807) is 0 Å². The molecule has 0 amide bonds. The lowest BCUT2D eigenvalue weighted by atomic mass is 9.99. The van der Waals surface area contributed by atoms with Gasteiger partial charge in [0.2, 0.25) is 0 Å². The molecule has 112 valence electrons. The summed E-state index contributed by atoms with van der Waals surface area (Å²) in [6.07, 6.45) is 0. The predicted molar refractivity (Wildman–Crippen MR) is 91.8 cm³/mol. The quantitative estimate of drug-likeness (QED) is 0.866. The van der Waals surface area contributed by atoms with E-state index in [2.05, 4.69) is 87.5 Å². The largest absolute Gasteiger partial charge is 0.379 e. The van der Waals surface area contributed by atoms with Gasteiger partial charge in [0.25, 0.3) is 0 Å². The van der Waals surface area contributed by atoms with Gasteiger partial charge in [0.1, 0.15) is 0 Å². The van der Waals surface area contributed by atoms with Crippen LogP contribution < -0.4 is 5.32 Å². The Balaban J connectivity index is 2.15. The van der Waals surface area contributed by atoms with Crippen LogP contribution in [0, 0.1) is 13.8 Å². The van der Waals surface area contributed by atoms with Crippen molar-refractivity contribution in [1.82, 2.24) is 4.90 Å². The highest BCUT2D eigenvalue weighted by Crippen LogP contribution is 2.23. The summed E-state index contributed by atoms with van der Waals surface area (Å²) in [6, 6.07) is 15.6. The van der Waals surface area contributed by atoms with Gasteiger partial charge in [0.05, 0.1) is 0 Å². The number of hydrogen-bond donors (Lipinski definition) is 1. The number of aryl methyl sites for hydroxylation is 2. The molecule has 1 N–H and O–H groups in total. The van der Waals surface area contributed by atoms with Gasteiger partial charge >= 0.3 is 0 Å². The lowest BCUT2D eigenvalue weighted by molar-refractivity contribution is 0.402. The van der Waals surface area contributed by atoms with Crippen molar-refractivity contribution in [3.8, 4) is 0 Å². The van der Waals surface area contributed by atoms with E-state index in [4.69, 9.17) is 0 Å². The fraction of sp³-hybridized carbons (Fsp3) is 0.368. The summed E-state index contributed by atoms with van der Waals surface area (Å²) >= 11 is 0. The zero-order valence-corrected chi connectivity index (χ0v) is 13.8. The third kappa shape index (κ3) is 4.33. The fourth-order valence-electron chi connectivity index (χ4n) is 2.68. The summed E-state index contributed by atoms with van der Waals surface area (Å²) in [7, 11) is 4.19. The molecule has 2 nitrogen and oxygen atoms in total. The van der Waals surface area contributed by atoms with E-state index in [-0.39, 0.29) is 0 Å². The van der Waals surface area contributed by atoms with E-state index >= 15 is 0 Å². The first-order valence-electron chi connectivity index (χ1n) is 7.53. The second-order valence-corrected chi connectivity index (χ2v) is 6.16. The first-order valence-corrected chi connectivity index (χ1v) is 7.53. The van der Waals surface area contributed by atoms with Crippen molar-refractivity contribution in [2.75, 3.05) is 19.4 Å². The molecule has 0 saturated carbocycles. The molecule has 0 aliphatic heterocycles. The van der Waals surface area contributed by atoms with E-state index in [1.807, 2.05) is 0 Å². The van der Waals surface area contributed by atoms with Gasteiger partial charge in [-0.15, -0.1) is 0 Å². The Morgan fingerprint density at radius 1 is 1.05 bits per heavy atom. The van der Waals surface area contributed by atoms with Crippen LogP contribution >= 0.6 is 0 Å². The van der Waals surface area contributed by atoms with Gasteiger partial charge < -0.3 is 10.2 Å². The third-order valence-corrected chi connectivity index (χ3v) is 3.71. The maximum atomic E-state index is 3.62. The van der Waals surface area contributed by atoms with Crippen LogP contribution in [0.2, 0.25) is 0 Å². The van der Waals surface area contributed by atoms with Gasteiger partial charge in [-0.3, -0.25) is 0 Å². The van der Waals surface area contributed by atoms with Crippen LogP contribution in [-0.4, -0.2) is 19.0 Å². The van der Waals surface area contributed by atoms with Gasteiger partial charge in [0, 0.05) is 18.3 Å². The SMILES string of the molecule is Cc1ccc(C)c(C(C)Nc2cccc(CN(C)C)c2)c1. The maximum absolute atomic E-state index is 3.62. The van der Waals surface area contributed by atoms with E-state index in [0.29, 0.717) is 6.04 Å². The molecule has 2 heteroatoms. The summed E-state index contributed by atoms with van der Waals surface area (Å²) in [4.78, 5) is 2.19. The highest BCUT2D eigenvalue weighted by atomic mass is 15.0. The lowest BCUT2D eigenvalue weighted by Gasteiger charge is -2.19. The van der Waals surface area contributed by atoms with Crippen LogP contribution in [0.15, 0.2) is 42.5 Å². The molecular weight excluding hydrogens is 256 g/mol. The van der Waals surface area contributed by atoms with E-state index in [1.165, 1.54) is 27.9 Å². The van der Waals surface area contributed by atoms with Gasteiger partial charge in [-0.25, -0.2) is 0 Å². The summed E-state index contributed by atoms with van der Waals surface area (Å²) in [5.41, 5.74) is 6.53. The summed E-state index contributed by atoms with van der Waals surface area (Å²) in [5, 5.41) is 3.62. The van der Waals surface area contributed by atoms with Crippen molar-refractivity contribution >= 4 is 5.69 Å². The minimum Gasteiger partial charge on any atom is -0.379 e. The Morgan fingerprint density at radius 2 is 1.81 bits per heavy atom. The second kappa shape index (κ2) is 6.77. The summed E-state index contributed by atoms with van der Waals surface area (Å²) in [5.74, 6) is 0. The van der Waals surface area contributed by atoms with Crippen molar-refractivity contribution < 1.29 is 0 Å². The first kappa shape index (κ1) is 15.6. The van der Waals surface area contributed by atoms with Crippen molar-refractivity contribution in [3.05, 3.63) is 64.7 Å². The van der Waals surface area contributed by atoms with Gasteiger partial charge in [-0.05, 0) is 63.7 Å². The average molecular weight is 282 g/mol. The van der Waals surface area contributed by atoms with Crippen LogP contribution in [0.3, 0.4) is 0 Å². The Hall–Kier alpha value is -1.80. The minimum atomic E-state index is 0.305. The van der Waals surface area contributed by atoms with Crippen LogP contribution in [0.25, 0.3) is 0 Å². The Kier molecular flexibility index (Phi) is 5.03. The molecule has 0 bridgehead atoms. The predicted octanol–water partition coefficient (Wildman–Crippen LogP) is 4.54. The van der Waals surface area contributed by atoms with Crippen molar-refractivity contribution in [3.63, 3.8) is 0 Å². The summed E-state index contributed by atoms with van der Waals surface area (Å²) < 4.78 is 0. The Labute approximate surface area is 128 Å². The number of nitrogens with one attached hydrogen (secondary N) is 1. The van der Waals surface area contributed by atoms with Crippen LogP contribution in [-0.2, 0) is 6.54 Å². The highest BCUT2D eigenvalue weighted by Gasteiger charge is 2.09. The molecule has 0 radical (unpaired) electrons. The molecule has 0 aliphatic rings. The monoisotopic (exact) mass is 282 g/mol. The first-order chi connectivity index (χ1) is 9.95. The number of nitrogens with zero attached hydrogens (tertiary/aromatic N) is 1. The topological polar surface area (TPSA) is 15.3 Å². The molecule has 0 aromatic heterocycles. The molecule has 0 heterocycles. The molecule has 2 rings (SSSR count). The van der Waals surface area contributed by atoms with Crippen molar-refractivity contribution in [1.29, 1.82) is 0 Å².